The number of nitrogens with zero attached hydrogens (tertiary/aromatic N) is 2. The number of carboxylic acid groups (broad SMARTS) is 1. The third-order valence-corrected chi connectivity index (χ3v) is 4.38. The van der Waals surface area contributed by atoms with E-state index in [0.717, 1.165) is 17.0 Å². The Morgan fingerprint density at radius 2 is 2.11 bits per heavy atom. The van der Waals surface area contributed by atoms with E-state index in [1.165, 1.54) is 6.07 Å². The summed E-state index contributed by atoms with van der Waals surface area (Å²) in [6, 6.07) is 4.90. The van der Waals surface area contributed by atoms with Crippen molar-refractivity contribution in [2.75, 3.05) is 0 Å². The van der Waals surface area contributed by atoms with Gasteiger partial charge in [0.2, 0.25) is 6.41 Å². The first kappa shape index (κ1) is 18.5. The summed E-state index contributed by atoms with van der Waals surface area (Å²) in [4.78, 5) is 21.9. The zero-order valence-corrected chi connectivity index (χ0v) is 14.7. The van der Waals surface area contributed by atoms with Gasteiger partial charge in [-0.2, -0.15) is 5.10 Å². The van der Waals surface area contributed by atoms with E-state index in [9.17, 15) is 18.4 Å². The zero-order chi connectivity index (χ0) is 19.7. The van der Waals surface area contributed by atoms with Gasteiger partial charge < -0.3 is 10.4 Å². The van der Waals surface area contributed by atoms with E-state index < -0.39 is 30.1 Å². The number of aliphatic carboxylic acids is 1. The number of carbonyl (C=O) groups is 2. The van der Waals surface area contributed by atoms with Gasteiger partial charge in [-0.15, -0.1) is 0 Å². The number of benzene rings is 2. The lowest BCUT2D eigenvalue weighted by molar-refractivity contribution is -0.137. The molecule has 2 aromatic carbocycles. The number of fused-ring (bicyclic) bond motifs is 1. The fraction of sp³-hybridized carbons (Fsp3) is 0.211. The first-order valence-corrected chi connectivity index (χ1v) is 8.15. The molecule has 0 saturated carbocycles. The Balaban J connectivity index is 2.24. The molecule has 0 aliphatic heterocycles. The number of hydrogen-bond acceptors (Lipinski definition) is 3. The minimum atomic E-state index is -1.25. The van der Waals surface area contributed by atoms with Crippen molar-refractivity contribution in [3.63, 3.8) is 0 Å². The highest BCUT2D eigenvalue weighted by Crippen LogP contribution is 2.35. The van der Waals surface area contributed by atoms with Crippen LogP contribution in [0.1, 0.15) is 23.6 Å². The third-order valence-electron chi connectivity index (χ3n) is 4.38. The molecule has 1 atom stereocenters. The summed E-state index contributed by atoms with van der Waals surface area (Å²) < 4.78 is 30.4. The zero-order valence-electron chi connectivity index (χ0n) is 14.7. The monoisotopic (exact) mass is 373 g/mol. The summed E-state index contributed by atoms with van der Waals surface area (Å²) in [7, 11) is 1.76. The Kier molecular flexibility index (Phi) is 4.89. The maximum absolute atomic E-state index is 14.4. The van der Waals surface area contributed by atoms with Crippen molar-refractivity contribution in [2.45, 2.75) is 19.4 Å². The molecule has 1 aromatic heterocycles. The summed E-state index contributed by atoms with van der Waals surface area (Å²) in [5.74, 6) is -3.55. The van der Waals surface area contributed by atoms with E-state index >= 15 is 0 Å². The molecular weight excluding hydrogens is 356 g/mol. The number of amides is 1. The fourth-order valence-corrected chi connectivity index (χ4v) is 3.23. The summed E-state index contributed by atoms with van der Waals surface area (Å²) in [6.07, 6.45) is 1.47. The second-order valence-electron chi connectivity index (χ2n) is 6.29. The maximum Gasteiger partial charge on any atom is 0.305 e. The molecule has 6 nitrogen and oxygen atoms in total. The van der Waals surface area contributed by atoms with Gasteiger partial charge in [-0.1, -0.05) is 6.07 Å². The molecule has 0 saturated heterocycles. The lowest BCUT2D eigenvalue weighted by Crippen LogP contribution is -2.24. The largest absolute Gasteiger partial charge is 0.481 e. The van der Waals surface area contributed by atoms with Crippen LogP contribution in [-0.4, -0.2) is 27.3 Å². The highest BCUT2D eigenvalue weighted by molar-refractivity contribution is 5.96. The van der Waals surface area contributed by atoms with Crippen molar-refractivity contribution in [1.29, 1.82) is 0 Å². The molecule has 1 heterocycles. The summed E-state index contributed by atoms with van der Waals surface area (Å²) >= 11 is 0. The first-order valence-electron chi connectivity index (χ1n) is 8.15. The van der Waals surface area contributed by atoms with Crippen LogP contribution in [-0.2, 0) is 16.6 Å². The minimum Gasteiger partial charge on any atom is -0.481 e. The molecule has 0 aliphatic carbocycles. The van der Waals surface area contributed by atoms with Gasteiger partial charge in [0.15, 0.2) is 11.6 Å². The molecule has 0 bridgehead atoms. The molecule has 27 heavy (non-hydrogen) atoms. The number of rotatable bonds is 6. The Bertz CT molecular complexity index is 1050. The number of hydrogen-bond donors (Lipinski definition) is 2. The quantitative estimate of drug-likeness (QED) is 0.651. The van der Waals surface area contributed by atoms with Crippen molar-refractivity contribution in [3.05, 3.63) is 53.2 Å². The van der Waals surface area contributed by atoms with Crippen molar-refractivity contribution < 1.29 is 23.5 Å². The minimum absolute atomic E-state index is 0.222. The lowest BCUT2D eigenvalue weighted by atomic mass is 9.93. The number of nitrogens with one attached hydrogen (secondary N) is 1. The van der Waals surface area contributed by atoms with Crippen LogP contribution in [0.5, 0.6) is 0 Å². The van der Waals surface area contributed by atoms with Crippen LogP contribution < -0.4 is 5.32 Å². The van der Waals surface area contributed by atoms with Gasteiger partial charge in [0.05, 0.1) is 18.0 Å². The van der Waals surface area contributed by atoms with E-state index in [2.05, 4.69) is 10.4 Å². The second kappa shape index (κ2) is 7.14. The Labute approximate surface area is 153 Å². The molecule has 0 unspecified atom stereocenters. The Morgan fingerprint density at radius 1 is 1.37 bits per heavy atom. The van der Waals surface area contributed by atoms with Crippen LogP contribution >= 0.6 is 0 Å². The van der Waals surface area contributed by atoms with Gasteiger partial charge in [-0.05, 0) is 41.8 Å². The van der Waals surface area contributed by atoms with Gasteiger partial charge in [-0.25, -0.2) is 8.78 Å². The summed E-state index contributed by atoms with van der Waals surface area (Å²) in [5, 5.41) is 16.3. The predicted octanol–water partition coefficient (Wildman–Crippen LogP) is 3.09. The van der Waals surface area contributed by atoms with Crippen LogP contribution in [0.4, 0.5) is 8.78 Å². The maximum atomic E-state index is 14.4. The molecular formula is C19H17F2N3O3. The van der Waals surface area contributed by atoms with E-state index in [1.54, 1.807) is 17.9 Å². The van der Waals surface area contributed by atoms with Crippen molar-refractivity contribution >= 4 is 23.3 Å². The summed E-state index contributed by atoms with van der Waals surface area (Å²) in [6.45, 7) is 1.83. The van der Waals surface area contributed by atoms with Crippen molar-refractivity contribution in [1.82, 2.24) is 15.1 Å². The summed E-state index contributed by atoms with van der Waals surface area (Å²) in [5.41, 5.74) is 2.34. The molecule has 0 spiro atoms. The van der Waals surface area contributed by atoms with Gasteiger partial charge in [0.1, 0.15) is 0 Å². The van der Waals surface area contributed by atoms with Crippen molar-refractivity contribution in [2.24, 2.45) is 7.05 Å². The average molecular weight is 373 g/mol. The van der Waals surface area contributed by atoms with E-state index in [1.807, 2.05) is 19.1 Å². The molecule has 1 amide bonds. The van der Waals surface area contributed by atoms with E-state index in [-0.39, 0.29) is 12.0 Å². The topological polar surface area (TPSA) is 84.2 Å². The number of carbonyl (C=O) groups excluding carboxylic acids is 1. The molecule has 3 aromatic rings. The molecule has 0 radical (unpaired) electrons. The molecule has 0 aliphatic rings. The molecule has 2 N–H and O–H groups in total. The van der Waals surface area contributed by atoms with E-state index in [4.69, 9.17) is 5.11 Å². The molecule has 3 rings (SSSR count). The molecule has 0 fully saturated rings. The van der Waals surface area contributed by atoms with Gasteiger partial charge >= 0.3 is 5.97 Å². The average Bonchev–Trinajstić information content (AvgIpc) is 2.97. The van der Waals surface area contributed by atoms with Crippen LogP contribution in [0, 0.1) is 18.6 Å². The fourth-order valence-electron chi connectivity index (χ4n) is 3.23. The number of aromatic nitrogens is 2. The van der Waals surface area contributed by atoms with Gasteiger partial charge in [-0.3, -0.25) is 14.3 Å². The van der Waals surface area contributed by atoms with Crippen molar-refractivity contribution in [3.8, 4) is 11.1 Å². The number of halogens is 2. The number of aryl methyl sites for hydroxylation is 2. The van der Waals surface area contributed by atoms with Crippen LogP contribution in [0.2, 0.25) is 0 Å². The first-order chi connectivity index (χ1) is 12.8. The Hall–Kier alpha value is -3.29. The smallest absolute Gasteiger partial charge is 0.305 e. The highest BCUT2D eigenvalue weighted by Gasteiger charge is 2.23. The van der Waals surface area contributed by atoms with Crippen LogP contribution in [0.3, 0.4) is 0 Å². The number of carboxylic acids is 1. The third kappa shape index (κ3) is 3.51. The molecule has 140 valence electrons. The van der Waals surface area contributed by atoms with Gasteiger partial charge in [0.25, 0.3) is 0 Å². The standard InChI is InChI=1S/C19H17F2N3O3/c1-10-3-4-15-13(8-24(2)23-15)18(10)11-5-12(19(21)14(20)6-11)16(22-9-25)7-17(26)27/h3-6,8-9,16H,7H2,1-2H3,(H,22,25)(H,26,27)/t16-/m0/s1. The SMILES string of the molecule is Cc1ccc2nn(C)cc2c1-c1cc(F)c(F)c([C@H](CC(=O)O)NC=O)c1. The lowest BCUT2D eigenvalue weighted by Gasteiger charge is -2.18. The normalized spacial score (nSPS) is 12.1. The van der Waals surface area contributed by atoms with Crippen LogP contribution in [0.15, 0.2) is 30.5 Å². The van der Waals surface area contributed by atoms with Gasteiger partial charge in [0, 0.05) is 24.2 Å². The van der Waals surface area contributed by atoms with E-state index in [0.29, 0.717) is 16.6 Å². The Morgan fingerprint density at radius 3 is 2.78 bits per heavy atom. The second-order valence-corrected chi connectivity index (χ2v) is 6.29. The predicted molar refractivity (Wildman–Crippen MR) is 95.0 cm³/mol. The van der Waals surface area contributed by atoms with Crippen LogP contribution in [0.25, 0.3) is 22.0 Å². The molecule has 8 heteroatoms. The highest BCUT2D eigenvalue weighted by atomic mass is 19.2.